The van der Waals surface area contributed by atoms with Crippen LogP contribution in [0.15, 0.2) is 30.3 Å². The number of benzene rings is 2. The molecule has 0 aliphatic carbocycles. The SMILES string of the molecule is CCOc1cc(C(=O)NCCc2cc(C)ccc2OC)cc(OCC)c1OCC. The van der Waals surface area contributed by atoms with Crippen LogP contribution >= 0.6 is 0 Å². The fourth-order valence-electron chi connectivity index (χ4n) is 3.04. The van der Waals surface area contributed by atoms with Crippen LogP contribution in [0.4, 0.5) is 0 Å². The summed E-state index contributed by atoms with van der Waals surface area (Å²) < 4.78 is 22.5. The van der Waals surface area contributed by atoms with E-state index in [1.165, 1.54) is 0 Å². The Labute approximate surface area is 173 Å². The Balaban J connectivity index is 2.16. The maximum atomic E-state index is 12.7. The van der Waals surface area contributed by atoms with Gasteiger partial charge in [-0.15, -0.1) is 0 Å². The number of hydrogen-bond acceptors (Lipinski definition) is 5. The van der Waals surface area contributed by atoms with Gasteiger partial charge in [-0.25, -0.2) is 0 Å². The minimum atomic E-state index is -0.193. The lowest BCUT2D eigenvalue weighted by atomic mass is 10.1. The second kappa shape index (κ2) is 11.2. The van der Waals surface area contributed by atoms with E-state index < -0.39 is 0 Å². The average molecular weight is 402 g/mol. The lowest BCUT2D eigenvalue weighted by Crippen LogP contribution is -2.26. The molecule has 0 unspecified atom stereocenters. The van der Waals surface area contributed by atoms with Crippen molar-refractivity contribution in [3.63, 3.8) is 0 Å². The smallest absolute Gasteiger partial charge is 0.251 e. The van der Waals surface area contributed by atoms with Gasteiger partial charge in [-0.3, -0.25) is 4.79 Å². The Hall–Kier alpha value is -2.89. The number of rotatable bonds is 11. The number of ether oxygens (including phenoxy) is 4. The third-order valence-electron chi connectivity index (χ3n) is 4.29. The third kappa shape index (κ3) is 6.04. The van der Waals surface area contributed by atoms with Crippen molar-refractivity contribution in [3.05, 3.63) is 47.0 Å². The van der Waals surface area contributed by atoms with Crippen LogP contribution in [-0.2, 0) is 6.42 Å². The number of carbonyl (C=O) groups is 1. The minimum absolute atomic E-state index is 0.193. The molecule has 0 aliphatic rings. The summed E-state index contributed by atoms with van der Waals surface area (Å²) >= 11 is 0. The molecule has 0 fully saturated rings. The van der Waals surface area contributed by atoms with Crippen molar-refractivity contribution in [3.8, 4) is 23.0 Å². The standard InChI is InChI=1S/C23H31NO5/c1-6-27-20-14-18(15-21(28-7-2)22(20)29-8-3)23(25)24-12-11-17-13-16(4)9-10-19(17)26-5/h9-10,13-15H,6-8,11-12H2,1-5H3,(H,24,25). The minimum Gasteiger partial charge on any atom is -0.496 e. The highest BCUT2D eigenvalue weighted by Gasteiger charge is 2.18. The molecule has 2 aromatic rings. The first-order chi connectivity index (χ1) is 14.0. The van der Waals surface area contributed by atoms with Crippen molar-refractivity contribution < 1.29 is 23.7 Å². The Morgan fingerprint density at radius 2 is 1.52 bits per heavy atom. The fourth-order valence-corrected chi connectivity index (χ4v) is 3.04. The number of methoxy groups -OCH3 is 1. The summed E-state index contributed by atoms with van der Waals surface area (Å²) in [5.74, 6) is 2.17. The first-order valence-electron chi connectivity index (χ1n) is 10.0. The van der Waals surface area contributed by atoms with Crippen LogP contribution in [0.1, 0.15) is 42.3 Å². The molecular weight excluding hydrogens is 370 g/mol. The Bertz CT molecular complexity index is 792. The molecule has 6 heteroatoms. The Morgan fingerprint density at radius 1 is 0.897 bits per heavy atom. The number of amides is 1. The maximum absolute atomic E-state index is 12.7. The second-order valence-corrected chi connectivity index (χ2v) is 6.42. The maximum Gasteiger partial charge on any atom is 0.251 e. The largest absolute Gasteiger partial charge is 0.496 e. The van der Waals surface area contributed by atoms with Gasteiger partial charge in [-0.05, 0) is 57.9 Å². The lowest BCUT2D eigenvalue weighted by molar-refractivity contribution is 0.0953. The predicted octanol–water partition coefficient (Wildman–Crippen LogP) is 4.17. The number of nitrogens with one attached hydrogen (secondary N) is 1. The van der Waals surface area contributed by atoms with E-state index >= 15 is 0 Å². The molecule has 0 heterocycles. The molecule has 0 aliphatic heterocycles. The van der Waals surface area contributed by atoms with Crippen molar-refractivity contribution >= 4 is 5.91 Å². The van der Waals surface area contributed by atoms with Gasteiger partial charge >= 0.3 is 0 Å². The highest BCUT2D eigenvalue weighted by molar-refractivity contribution is 5.95. The van der Waals surface area contributed by atoms with Gasteiger partial charge in [-0.2, -0.15) is 0 Å². The molecule has 6 nitrogen and oxygen atoms in total. The molecule has 0 bridgehead atoms. The zero-order valence-electron chi connectivity index (χ0n) is 18.0. The molecule has 158 valence electrons. The predicted molar refractivity (Wildman–Crippen MR) is 114 cm³/mol. The van der Waals surface area contributed by atoms with E-state index in [2.05, 4.69) is 11.4 Å². The van der Waals surface area contributed by atoms with E-state index in [1.807, 2.05) is 39.8 Å². The number of carbonyl (C=O) groups excluding carboxylic acids is 1. The molecule has 2 aromatic carbocycles. The van der Waals surface area contributed by atoms with Crippen LogP contribution in [0.3, 0.4) is 0 Å². The fraction of sp³-hybridized carbons (Fsp3) is 0.435. The molecule has 0 saturated carbocycles. The molecule has 1 N–H and O–H groups in total. The van der Waals surface area contributed by atoms with Gasteiger partial charge in [0.15, 0.2) is 11.5 Å². The van der Waals surface area contributed by atoms with E-state index in [1.54, 1.807) is 19.2 Å². The summed E-state index contributed by atoms with van der Waals surface area (Å²) in [7, 11) is 1.65. The van der Waals surface area contributed by atoms with Gasteiger partial charge in [0.2, 0.25) is 5.75 Å². The van der Waals surface area contributed by atoms with Crippen LogP contribution in [0, 0.1) is 6.92 Å². The molecule has 0 atom stereocenters. The van der Waals surface area contributed by atoms with Crippen molar-refractivity contribution in [2.75, 3.05) is 33.5 Å². The molecular formula is C23H31NO5. The average Bonchev–Trinajstić information content (AvgIpc) is 2.70. The van der Waals surface area contributed by atoms with Crippen LogP contribution < -0.4 is 24.3 Å². The first-order valence-corrected chi connectivity index (χ1v) is 10.0. The molecule has 1 amide bonds. The van der Waals surface area contributed by atoms with Gasteiger partial charge in [0.1, 0.15) is 5.75 Å². The first kappa shape index (κ1) is 22.4. The number of aryl methyl sites for hydroxylation is 1. The second-order valence-electron chi connectivity index (χ2n) is 6.42. The van der Waals surface area contributed by atoms with Gasteiger partial charge in [0.25, 0.3) is 5.91 Å². The van der Waals surface area contributed by atoms with Crippen molar-refractivity contribution in [1.82, 2.24) is 5.32 Å². The summed E-state index contributed by atoms with van der Waals surface area (Å²) in [6.45, 7) is 9.59. The third-order valence-corrected chi connectivity index (χ3v) is 4.29. The highest BCUT2D eigenvalue weighted by Crippen LogP contribution is 2.39. The van der Waals surface area contributed by atoms with Crippen molar-refractivity contribution in [2.24, 2.45) is 0 Å². The molecule has 29 heavy (non-hydrogen) atoms. The van der Waals surface area contributed by atoms with Gasteiger partial charge in [0.05, 0.1) is 26.9 Å². The van der Waals surface area contributed by atoms with Gasteiger partial charge in [0, 0.05) is 12.1 Å². The Kier molecular flexibility index (Phi) is 8.65. The molecule has 0 aromatic heterocycles. The molecule has 0 radical (unpaired) electrons. The van der Waals surface area contributed by atoms with Crippen LogP contribution in [0.5, 0.6) is 23.0 Å². The van der Waals surface area contributed by atoms with Crippen LogP contribution in [0.25, 0.3) is 0 Å². The van der Waals surface area contributed by atoms with Crippen molar-refractivity contribution in [1.29, 1.82) is 0 Å². The van der Waals surface area contributed by atoms with E-state index in [9.17, 15) is 4.79 Å². The Morgan fingerprint density at radius 3 is 2.07 bits per heavy atom. The monoisotopic (exact) mass is 401 g/mol. The van der Waals surface area contributed by atoms with E-state index in [4.69, 9.17) is 18.9 Å². The van der Waals surface area contributed by atoms with E-state index in [0.29, 0.717) is 55.6 Å². The highest BCUT2D eigenvalue weighted by atomic mass is 16.5. The van der Waals surface area contributed by atoms with Gasteiger partial charge < -0.3 is 24.3 Å². The molecule has 0 spiro atoms. The summed E-state index contributed by atoms with van der Waals surface area (Å²) in [6.07, 6.45) is 0.671. The summed E-state index contributed by atoms with van der Waals surface area (Å²) in [4.78, 5) is 12.7. The van der Waals surface area contributed by atoms with E-state index in [-0.39, 0.29) is 5.91 Å². The summed E-state index contributed by atoms with van der Waals surface area (Å²) in [5, 5.41) is 2.96. The zero-order chi connectivity index (χ0) is 21.2. The topological polar surface area (TPSA) is 66.0 Å². The summed E-state index contributed by atoms with van der Waals surface area (Å²) in [5.41, 5.74) is 2.68. The summed E-state index contributed by atoms with van der Waals surface area (Å²) in [6, 6.07) is 9.41. The van der Waals surface area contributed by atoms with Crippen molar-refractivity contribution in [2.45, 2.75) is 34.1 Å². The lowest BCUT2D eigenvalue weighted by Gasteiger charge is -2.17. The van der Waals surface area contributed by atoms with Crippen LogP contribution in [-0.4, -0.2) is 39.4 Å². The number of hydrogen-bond donors (Lipinski definition) is 1. The zero-order valence-corrected chi connectivity index (χ0v) is 18.0. The van der Waals surface area contributed by atoms with E-state index in [0.717, 1.165) is 16.9 Å². The quantitative estimate of drug-likeness (QED) is 0.612. The molecule has 2 rings (SSSR count). The van der Waals surface area contributed by atoms with Gasteiger partial charge in [-0.1, -0.05) is 17.7 Å². The van der Waals surface area contributed by atoms with Crippen LogP contribution in [0.2, 0.25) is 0 Å². The normalized spacial score (nSPS) is 10.4. The molecule has 0 saturated heterocycles.